The van der Waals surface area contributed by atoms with Gasteiger partial charge in [0.15, 0.2) is 9.84 Å². The van der Waals surface area contributed by atoms with E-state index in [1.807, 2.05) is 0 Å². The monoisotopic (exact) mass is 304 g/mol. The first-order chi connectivity index (χ1) is 8.49. The van der Waals surface area contributed by atoms with E-state index in [-0.39, 0.29) is 16.0 Å². The predicted octanol–water partition coefficient (Wildman–Crippen LogP) is 2.02. The van der Waals surface area contributed by atoms with E-state index in [1.165, 1.54) is 11.3 Å². The molecular formula is C11H16N2O2S3. The third-order valence-electron chi connectivity index (χ3n) is 3.18. The molecule has 0 bridgehead atoms. The Morgan fingerprint density at radius 3 is 2.67 bits per heavy atom. The van der Waals surface area contributed by atoms with Crippen molar-refractivity contribution in [2.45, 2.75) is 43.1 Å². The minimum atomic E-state index is -3.08. The minimum Gasteiger partial charge on any atom is -0.389 e. The number of rotatable bonds is 4. The number of thiazole rings is 1. The highest BCUT2D eigenvalue weighted by Gasteiger charge is 2.28. The molecule has 0 amide bonds. The molecule has 1 aromatic rings. The van der Waals surface area contributed by atoms with Gasteiger partial charge in [-0.3, -0.25) is 0 Å². The third kappa shape index (κ3) is 3.27. The number of hydrogen-bond acceptors (Lipinski definition) is 5. The van der Waals surface area contributed by atoms with Crippen LogP contribution in [0.3, 0.4) is 0 Å². The summed E-state index contributed by atoms with van der Waals surface area (Å²) in [4.78, 5) is 5.04. The van der Waals surface area contributed by atoms with Crippen LogP contribution in [0.5, 0.6) is 0 Å². The Balaban J connectivity index is 2.08. The molecule has 0 aliphatic heterocycles. The maximum atomic E-state index is 12.2. The average Bonchev–Trinajstić information content (AvgIpc) is 2.78. The number of nitrogens with two attached hydrogens (primary N) is 1. The lowest BCUT2D eigenvalue weighted by molar-refractivity contribution is 0.483. The van der Waals surface area contributed by atoms with Crippen LogP contribution in [0.2, 0.25) is 0 Å². The first-order valence-electron chi connectivity index (χ1n) is 5.95. The second kappa shape index (κ2) is 5.63. The summed E-state index contributed by atoms with van der Waals surface area (Å²) in [6.07, 6.45) is 6.30. The standard InChI is InChI=1S/C11H16N2O2S3/c12-11(16)9-6-13-10(17-9)7-18(14,15)8-4-2-1-3-5-8/h6,8H,1-5,7H2,(H2,12,16). The van der Waals surface area contributed by atoms with Gasteiger partial charge in [-0.25, -0.2) is 13.4 Å². The van der Waals surface area contributed by atoms with E-state index in [0.717, 1.165) is 32.1 Å². The highest BCUT2D eigenvalue weighted by molar-refractivity contribution is 7.91. The van der Waals surface area contributed by atoms with Crippen molar-refractivity contribution in [1.82, 2.24) is 4.98 Å². The molecule has 0 saturated heterocycles. The molecule has 0 unspecified atom stereocenters. The van der Waals surface area contributed by atoms with E-state index in [2.05, 4.69) is 4.98 Å². The lowest BCUT2D eigenvalue weighted by atomic mass is 10.0. The zero-order valence-electron chi connectivity index (χ0n) is 9.96. The first kappa shape index (κ1) is 13.9. The molecule has 2 N–H and O–H groups in total. The number of aromatic nitrogens is 1. The fourth-order valence-electron chi connectivity index (χ4n) is 2.21. The zero-order valence-corrected chi connectivity index (χ0v) is 12.4. The third-order valence-corrected chi connectivity index (χ3v) is 6.91. The van der Waals surface area contributed by atoms with Gasteiger partial charge >= 0.3 is 0 Å². The van der Waals surface area contributed by atoms with Crippen LogP contribution in [0.4, 0.5) is 0 Å². The first-order valence-corrected chi connectivity index (χ1v) is 8.89. The van der Waals surface area contributed by atoms with Crippen LogP contribution in [0, 0.1) is 0 Å². The molecule has 0 atom stereocenters. The minimum absolute atomic E-state index is 0.0188. The zero-order chi connectivity index (χ0) is 13.2. The second-order valence-electron chi connectivity index (χ2n) is 4.55. The Bertz CT molecular complexity index is 530. The molecule has 1 aliphatic carbocycles. The summed E-state index contributed by atoms with van der Waals surface area (Å²) in [5, 5.41) is 0.395. The lowest BCUT2D eigenvalue weighted by Gasteiger charge is -2.21. The van der Waals surface area contributed by atoms with Gasteiger partial charge in [-0.05, 0) is 12.8 Å². The van der Waals surface area contributed by atoms with Gasteiger partial charge in [0, 0.05) is 6.20 Å². The van der Waals surface area contributed by atoms with Crippen LogP contribution in [0.25, 0.3) is 0 Å². The molecule has 1 fully saturated rings. The summed E-state index contributed by atoms with van der Waals surface area (Å²) >= 11 is 6.12. The summed E-state index contributed by atoms with van der Waals surface area (Å²) in [7, 11) is -3.08. The molecule has 1 heterocycles. The predicted molar refractivity (Wildman–Crippen MR) is 77.5 cm³/mol. The molecule has 1 aliphatic rings. The summed E-state index contributed by atoms with van der Waals surface area (Å²) in [5.41, 5.74) is 5.49. The molecule has 4 nitrogen and oxygen atoms in total. The summed E-state index contributed by atoms with van der Waals surface area (Å²) in [5.74, 6) is 0.0188. The van der Waals surface area contributed by atoms with Gasteiger partial charge in [0.25, 0.3) is 0 Å². The molecule has 0 aromatic carbocycles. The molecule has 7 heteroatoms. The van der Waals surface area contributed by atoms with E-state index >= 15 is 0 Å². The quantitative estimate of drug-likeness (QED) is 0.862. The van der Waals surface area contributed by atoms with Gasteiger partial charge < -0.3 is 5.73 Å². The van der Waals surface area contributed by atoms with Crippen LogP contribution < -0.4 is 5.73 Å². The molecule has 0 radical (unpaired) electrons. The van der Waals surface area contributed by atoms with E-state index in [4.69, 9.17) is 18.0 Å². The SMILES string of the molecule is NC(=S)c1cnc(CS(=O)(=O)C2CCCCC2)s1. The van der Waals surface area contributed by atoms with Gasteiger partial charge in [-0.2, -0.15) is 0 Å². The Hall–Kier alpha value is -0.530. The van der Waals surface area contributed by atoms with Crippen LogP contribution in [-0.2, 0) is 15.6 Å². The lowest BCUT2D eigenvalue weighted by Crippen LogP contribution is -2.25. The summed E-state index contributed by atoms with van der Waals surface area (Å²) < 4.78 is 24.5. The van der Waals surface area contributed by atoms with Crippen LogP contribution in [0.15, 0.2) is 6.20 Å². The maximum absolute atomic E-state index is 12.2. The molecule has 18 heavy (non-hydrogen) atoms. The highest BCUT2D eigenvalue weighted by Crippen LogP contribution is 2.27. The van der Waals surface area contributed by atoms with Crippen molar-refractivity contribution in [1.29, 1.82) is 0 Å². The van der Waals surface area contributed by atoms with E-state index in [0.29, 0.717) is 9.88 Å². The number of sulfone groups is 1. The fourth-order valence-corrected chi connectivity index (χ4v) is 5.38. The highest BCUT2D eigenvalue weighted by atomic mass is 32.2. The van der Waals surface area contributed by atoms with Crippen molar-refractivity contribution in [3.8, 4) is 0 Å². The molecular weight excluding hydrogens is 288 g/mol. The number of hydrogen-bond donors (Lipinski definition) is 1. The van der Waals surface area contributed by atoms with Crippen LogP contribution in [-0.4, -0.2) is 23.6 Å². The van der Waals surface area contributed by atoms with Crippen molar-refractivity contribution in [2.75, 3.05) is 0 Å². The smallest absolute Gasteiger partial charge is 0.159 e. The van der Waals surface area contributed by atoms with Gasteiger partial charge in [-0.1, -0.05) is 31.5 Å². The Labute approximate surface area is 117 Å². The topological polar surface area (TPSA) is 73.0 Å². The van der Waals surface area contributed by atoms with E-state index in [1.54, 1.807) is 6.20 Å². The normalized spacial score (nSPS) is 17.8. The number of thiocarbonyl (C=S) groups is 1. The van der Waals surface area contributed by atoms with E-state index in [9.17, 15) is 8.42 Å². The molecule has 1 saturated carbocycles. The number of nitrogens with zero attached hydrogens (tertiary/aromatic N) is 1. The van der Waals surface area contributed by atoms with Gasteiger partial charge in [-0.15, -0.1) is 11.3 Å². The van der Waals surface area contributed by atoms with Crippen molar-refractivity contribution in [2.24, 2.45) is 5.73 Å². The van der Waals surface area contributed by atoms with Crippen molar-refractivity contribution in [3.63, 3.8) is 0 Å². The van der Waals surface area contributed by atoms with Gasteiger partial charge in [0.2, 0.25) is 0 Å². The average molecular weight is 304 g/mol. The Morgan fingerprint density at radius 1 is 1.44 bits per heavy atom. The fraction of sp³-hybridized carbons (Fsp3) is 0.636. The Kier molecular flexibility index (Phi) is 4.34. The van der Waals surface area contributed by atoms with Crippen LogP contribution in [0.1, 0.15) is 42.0 Å². The molecule has 100 valence electrons. The van der Waals surface area contributed by atoms with E-state index < -0.39 is 9.84 Å². The van der Waals surface area contributed by atoms with Gasteiger partial charge in [0.05, 0.1) is 10.1 Å². The van der Waals surface area contributed by atoms with Gasteiger partial charge in [0.1, 0.15) is 15.7 Å². The van der Waals surface area contributed by atoms with Crippen molar-refractivity contribution >= 4 is 38.4 Å². The maximum Gasteiger partial charge on any atom is 0.159 e. The largest absolute Gasteiger partial charge is 0.389 e. The Morgan fingerprint density at radius 2 is 2.11 bits per heavy atom. The summed E-state index contributed by atoms with van der Waals surface area (Å²) in [6.45, 7) is 0. The van der Waals surface area contributed by atoms with Crippen molar-refractivity contribution < 1.29 is 8.42 Å². The summed E-state index contributed by atoms with van der Waals surface area (Å²) in [6, 6.07) is 0. The van der Waals surface area contributed by atoms with Crippen LogP contribution >= 0.6 is 23.6 Å². The molecule has 2 rings (SSSR count). The molecule has 0 spiro atoms. The molecule has 1 aromatic heterocycles. The van der Waals surface area contributed by atoms with Crippen molar-refractivity contribution in [3.05, 3.63) is 16.1 Å². The second-order valence-corrected chi connectivity index (χ2v) is 8.39.